The third-order valence-electron chi connectivity index (χ3n) is 3.44. The topological polar surface area (TPSA) is 29.1 Å². The molecule has 0 radical (unpaired) electrons. The van der Waals surface area contributed by atoms with E-state index in [0.29, 0.717) is 18.0 Å². The van der Waals surface area contributed by atoms with Crippen LogP contribution in [0.25, 0.3) is 0 Å². The zero-order valence-corrected chi connectivity index (χ0v) is 13.9. The van der Waals surface area contributed by atoms with E-state index < -0.39 is 0 Å². The van der Waals surface area contributed by atoms with Crippen LogP contribution in [-0.2, 0) is 0 Å². The predicted molar refractivity (Wildman–Crippen MR) is 91.0 cm³/mol. The number of carbonyl (C=O) groups is 1. The van der Waals surface area contributed by atoms with Crippen LogP contribution in [0.5, 0.6) is 0 Å². The summed E-state index contributed by atoms with van der Waals surface area (Å²) in [6.45, 7) is 4.85. The number of benzene rings is 2. The highest BCUT2D eigenvalue weighted by Gasteiger charge is 2.10. The highest BCUT2D eigenvalue weighted by molar-refractivity contribution is 9.09. The van der Waals surface area contributed by atoms with E-state index in [9.17, 15) is 4.79 Å². The Kier molecular flexibility index (Phi) is 5.57. The second-order valence-electron chi connectivity index (χ2n) is 5.36. The van der Waals surface area contributed by atoms with Gasteiger partial charge in [-0.05, 0) is 29.2 Å². The van der Waals surface area contributed by atoms with Gasteiger partial charge in [-0.25, -0.2) is 0 Å². The number of amides is 1. The lowest BCUT2D eigenvalue weighted by Crippen LogP contribution is -2.26. The molecule has 21 heavy (non-hydrogen) atoms. The molecule has 110 valence electrons. The summed E-state index contributed by atoms with van der Waals surface area (Å²) < 4.78 is 0. The normalized spacial score (nSPS) is 12.2. The first-order valence-electron chi connectivity index (χ1n) is 7.15. The van der Waals surface area contributed by atoms with Gasteiger partial charge in [0, 0.05) is 12.1 Å². The summed E-state index contributed by atoms with van der Waals surface area (Å²) in [6.07, 6.45) is 0. The van der Waals surface area contributed by atoms with Gasteiger partial charge in [-0.1, -0.05) is 72.2 Å². The molecule has 0 fully saturated rings. The third kappa shape index (κ3) is 4.43. The molecule has 3 heteroatoms. The SMILES string of the molecule is CC(C)c1ccc(C(=O)NCC(Br)c2ccccc2)cc1. The fraction of sp³-hybridized carbons (Fsp3) is 0.278. The fourth-order valence-corrected chi connectivity index (χ4v) is 2.55. The molecule has 1 amide bonds. The molecule has 0 aromatic heterocycles. The van der Waals surface area contributed by atoms with E-state index in [2.05, 4.69) is 35.1 Å². The Balaban J connectivity index is 1.92. The molecule has 0 bridgehead atoms. The number of rotatable bonds is 5. The van der Waals surface area contributed by atoms with Crippen LogP contribution in [0.3, 0.4) is 0 Å². The summed E-state index contributed by atoms with van der Waals surface area (Å²) in [7, 11) is 0. The van der Waals surface area contributed by atoms with Crippen LogP contribution in [0, 0.1) is 0 Å². The van der Waals surface area contributed by atoms with Crippen LogP contribution in [0.4, 0.5) is 0 Å². The molecule has 0 aliphatic rings. The van der Waals surface area contributed by atoms with Gasteiger partial charge >= 0.3 is 0 Å². The Labute approximate surface area is 134 Å². The first kappa shape index (κ1) is 15.8. The lowest BCUT2D eigenvalue weighted by molar-refractivity contribution is 0.0954. The molecule has 0 spiro atoms. The average Bonchev–Trinajstić information content (AvgIpc) is 2.53. The predicted octanol–water partition coefficient (Wildman–Crippen LogP) is 4.68. The molecule has 0 saturated carbocycles. The molecule has 2 rings (SSSR count). The van der Waals surface area contributed by atoms with Crippen LogP contribution in [0.15, 0.2) is 54.6 Å². The second-order valence-corrected chi connectivity index (χ2v) is 6.47. The summed E-state index contributed by atoms with van der Waals surface area (Å²) in [4.78, 5) is 12.3. The summed E-state index contributed by atoms with van der Waals surface area (Å²) in [5.41, 5.74) is 3.11. The van der Waals surface area contributed by atoms with Crippen molar-refractivity contribution in [2.24, 2.45) is 0 Å². The molecule has 1 N–H and O–H groups in total. The fourth-order valence-electron chi connectivity index (χ4n) is 2.08. The number of nitrogens with one attached hydrogen (secondary N) is 1. The molecular weight excluding hydrogens is 326 g/mol. The van der Waals surface area contributed by atoms with Crippen LogP contribution < -0.4 is 5.32 Å². The Morgan fingerprint density at radius 2 is 1.62 bits per heavy atom. The van der Waals surface area contributed by atoms with Crippen molar-refractivity contribution in [1.82, 2.24) is 5.32 Å². The zero-order chi connectivity index (χ0) is 15.2. The Morgan fingerprint density at radius 1 is 1.00 bits per heavy atom. The van der Waals surface area contributed by atoms with Crippen LogP contribution in [-0.4, -0.2) is 12.5 Å². The number of alkyl halides is 1. The second kappa shape index (κ2) is 7.41. The summed E-state index contributed by atoms with van der Waals surface area (Å²) >= 11 is 3.60. The molecule has 0 aliphatic heterocycles. The van der Waals surface area contributed by atoms with Gasteiger partial charge in [-0.2, -0.15) is 0 Å². The monoisotopic (exact) mass is 345 g/mol. The van der Waals surface area contributed by atoms with Gasteiger partial charge in [0.15, 0.2) is 0 Å². The summed E-state index contributed by atoms with van der Waals surface area (Å²) in [5.74, 6) is 0.442. The van der Waals surface area contributed by atoms with Crippen molar-refractivity contribution >= 4 is 21.8 Å². The van der Waals surface area contributed by atoms with E-state index in [1.54, 1.807) is 0 Å². The third-order valence-corrected chi connectivity index (χ3v) is 4.30. The van der Waals surface area contributed by atoms with Crippen molar-refractivity contribution in [3.05, 3.63) is 71.3 Å². The molecule has 1 unspecified atom stereocenters. The van der Waals surface area contributed by atoms with Gasteiger partial charge in [0.05, 0.1) is 4.83 Å². The number of halogens is 1. The molecule has 2 nitrogen and oxygen atoms in total. The minimum Gasteiger partial charge on any atom is -0.351 e. The van der Waals surface area contributed by atoms with E-state index >= 15 is 0 Å². The van der Waals surface area contributed by atoms with Gasteiger partial charge in [0.25, 0.3) is 5.91 Å². The molecule has 1 atom stereocenters. The summed E-state index contributed by atoms with van der Waals surface area (Å²) in [6, 6.07) is 17.9. The average molecular weight is 346 g/mol. The standard InChI is InChI=1S/C18H20BrNO/c1-13(2)14-8-10-16(11-9-14)18(21)20-12-17(19)15-6-4-3-5-7-15/h3-11,13,17H,12H2,1-2H3,(H,20,21). The van der Waals surface area contributed by atoms with Crippen molar-refractivity contribution in [2.45, 2.75) is 24.6 Å². The van der Waals surface area contributed by atoms with Crippen molar-refractivity contribution in [1.29, 1.82) is 0 Å². The first-order valence-corrected chi connectivity index (χ1v) is 8.06. The van der Waals surface area contributed by atoms with E-state index in [4.69, 9.17) is 0 Å². The van der Waals surface area contributed by atoms with Gasteiger partial charge in [0.2, 0.25) is 0 Å². The van der Waals surface area contributed by atoms with Crippen molar-refractivity contribution in [3.63, 3.8) is 0 Å². The lowest BCUT2D eigenvalue weighted by atomic mass is 10.0. The Bertz CT molecular complexity index is 578. The number of hydrogen-bond acceptors (Lipinski definition) is 1. The molecular formula is C18H20BrNO. The molecule has 2 aromatic carbocycles. The lowest BCUT2D eigenvalue weighted by Gasteiger charge is -2.12. The van der Waals surface area contributed by atoms with Crippen LogP contribution in [0.2, 0.25) is 0 Å². The zero-order valence-electron chi connectivity index (χ0n) is 12.3. The van der Waals surface area contributed by atoms with Crippen molar-refractivity contribution in [2.75, 3.05) is 6.54 Å². The van der Waals surface area contributed by atoms with Gasteiger partial charge < -0.3 is 5.32 Å². The van der Waals surface area contributed by atoms with E-state index in [1.807, 2.05) is 54.6 Å². The van der Waals surface area contributed by atoms with Crippen LogP contribution >= 0.6 is 15.9 Å². The highest BCUT2D eigenvalue weighted by Crippen LogP contribution is 2.21. The maximum absolute atomic E-state index is 12.1. The van der Waals surface area contributed by atoms with Gasteiger partial charge in [-0.3, -0.25) is 4.79 Å². The molecule has 0 saturated heterocycles. The number of hydrogen-bond donors (Lipinski definition) is 1. The van der Waals surface area contributed by atoms with E-state index in [-0.39, 0.29) is 10.7 Å². The molecule has 0 heterocycles. The Hall–Kier alpha value is -1.61. The smallest absolute Gasteiger partial charge is 0.251 e. The Morgan fingerprint density at radius 3 is 2.19 bits per heavy atom. The van der Waals surface area contributed by atoms with Gasteiger partial charge in [0.1, 0.15) is 0 Å². The maximum Gasteiger partial charge on any atom is 0.251 e. The summed E-state index contributed by atoms with van der Waals surface area (Å²) in [5, 5.41) is 2.96. The quantitative estimate of drug-likeness (QED) is 0.783. The van der Waals surface area contributed by atoms with Crippen molar-refractivity contribution in [3.8, 4) is 0 Å². The molecule has 0 aliphatic carbocycles. The minimum absolute atomic E-state index is 0.0364. The van der Waals surface area contributed by atoms with Gasteiger partial charge in [-0.15, -0.1) is 0 Å². The molecule has 2 aromatic rings. The van der Waals surface area contributed by atoms with Crippen molar-refractivity contribution < 1.29 is 4.79 Å². The minimum atomic E-state index is -0.0364. The largest absolute Gasteiger partial charge is 0.351 e. The van der Waals surface area contributed by atoms with Crippen LogP contribution in [0.1, 0.15) is 46.1 Å². The first-order chi connectivity index (χ1) is 10.1. The highest BCUT2D eigenvalue weighted by atomic mass is 79.9. The number of carbonyl (C=O) groups excluding carboxylic acids is 1. The van der Waals surface area contributed by atoms with E-state index in [0.717, 1.165) is 5.56 Å². The maximum atomic E-state index is 12.1. The van der Waals surface area contributed by atoms with E-state index in [1.165, 1.54) is 5.56 Å².